The van der Waals surface area contributed by atoms with Crippen molar-refractivity contribution >= 4 is 58.4 Å². The molecule has 0 fully saturated rings. The van der Waals surface area contributed by atoms with Crippen LogP contribution < -0.4 is 10.6 Å². The number of nitrogens with zero attached hydrogens (tertiary/aromatic N) is 1. The standard InChI is InChI=1S/C23H19Cl2N3O4S/c1-12-3-5-13(6-4-12)19-15(10-26)22(28-21(30)20(19)23(31)32-2)33-11-18(29)27-14-7-8-16(24)17(25)9-14/h3-9,19-20H,11H2,1-2H3,(H,27,29)(H,28,30)/t19-,20+/m0/s1. The number of carbonyl (C=O) groups excluding carboxylic acids is 3. The number of nitriles is 1. The lowest BCUT2D eigenvalue weighted by molar-refractivity contribution is -0.150. The van der Waals surface area contributed by atoms with Gasteiger partial charge in [0.1, 0.15) is 5.92 Å². The molecule has 0 aromatic heterocycles. The number of aryl methyl sites for hydroxylation is 1. The smallest absolute Gasteiger partial charge is 0.319 e. The summed E-state index contributed by atoms with van der Waals surface area (Å²) in [6.45, 7) is 1.91. The van der Waals surface area contributed by atoms with Crippen LogP contribution in [0.5, 0.6) is 0 Å². The quantitative estimate of drug-likeness (QED) is 0.446. The molecule has 7 nitrogen and oxygen atoms in total. The van der Waals surface area contributed by atoms with Gasteiger partial charge in [-0.05, 0) is 30.7 Å². The molecule has 2 atom stereocenters. The van der Waals surface area contributed by atoms with Crippen molar-refractivity contribution < 1.29 is 19.1 Å². The zero-order valence-electron chi connectivity index (χ0n) is 17.6. The molecular formula is C23H19Cl2N3O4S. The molecule has 3 rings (SSSR count). The topological polar surface area (TPSA) is 108 Å². The molecule has 0 spiro atoms. The van der Waals surface area contributed by atoms with E-state index in [-0.39, 0.29) is 22.3 Å². The Kier molecular flexibility index (Phi) is 8.03. The molecule has 1 aliphatic heterocycles. The van der Waals surface area contributed by atoms with Gasteiger partial charge >= 0.3 is 5.97 Å². The lowest BCUT2D eigenvalue weighted by Gasteiger charge is -2.31. The van der Waals surface area contributed by atoms with Crippen LogP contribution in [0.1, 0.15) is 17.0 Å². The Bertz CT molecular complexity index is 1180. The van der Waals surface area contributed by atoms with Crippen molar-refractivity contribution in [1.29, 1.82) is 5.26 Å². The molecule has 0 saturated heterocycles. The predicted molar refractivity (Wildman–Crippen MR) is 128 cm³/mol. The van der Waals surface area contributed by atoms with Crippen LogP contribution in [0.4, 0.5) is 5.69 Å². The van der Waals surface area contributed by atoms with E-state index in [0.717, 1.165) is 17.3 Å². The van der Waals surface area contributed by atoms with Crippen molar-refractivity contribution in [2.75, 3.05) is 18.2 Å². The summed E-state index contributed by atoms with van der Waals surface area (Å²) < 4.78 is 4.82. The highest BCUT2D eigenvalue weighted by Gasteiger charge is 2.44. The molecule has 2 aromatic rings. The van der Waals surface area contributed by atoms with Crippen LogP contribution in [0.2, 0.25) is 10.0 Å². The molecule has 0 unspecified atom stereocenters. The van der Waals surface area contributed by atoms with E-state index in [1.165, 1.54) is 13.2 Å². The zero-order chi connectivity index (χ0) is 24.1. The Balaban J connectivity index is 1.87. The van der Waals surface area contributed by atoms with Crippen LogP contribution in [0.25, 0.3) is 0 Å². The van der Waals surface area contributed by atoms with Gasteiger partial charge in [0.25, 0.3) is 0 Å². The molecule has 170 valence electrons. The number of thioether (sulfide) groups is 1. The second kappa shape index (κ2) is 10.8. The second-order valence-electron chi connectivity index (χ2n) is 7.20. The number of methoxy groups -OCH3 is 1. The number of hydrogen-bond donors (Lipinski definition) is 2. The van der Waals surface area contributed by atoms with E-state index >= 15 is 0 Å². The van der Waals surface area contributed by atoms with Crippen LogP contribution in [0, 0.1) is 24.2 Å². The average Bonchev–Trinajstić information content (AvgIpc) is 2.79. The predicted octanol–water partition coefficient (Wildman–Crippen LogP) is 4.41. The fraction of sp³-hybridized carbons (Fsp3) is 0.217. The number of ether oxygens (including phenoxy) is 1. The third-order valence-electron chi connectivity index (χ3n) is 4.97. The lowest BCUT2D eigenvalue weighted by Crippen LogP contribution is -2.44. The molecule has 33 heavy (non-hydrogen) atoms. The molecule has 0 saturated carbocycles. The van der Waals surface area contributed by atoms with E-state index in [9.17, 15) is 19.6 Å². The number of halogens is 2. The normalized spacial score (nSPS) is 17.7. The van der Waals surface area contributed by atoms with Gasteiger partial charge < -0.3 is 15.4 Å². The summed E-state index contributed by atoms with van der Waals surface area (Å²) in [6, 6.07) is 14.0. The summed E-state index contributed by atoms with van der Waals surface area (Å²) in [6.07, 6.45) is 0. The SMILES string of the molecule is COC(=O)[C@H]1C(=O)NC(SCC(=O)Nc2ccc(Cl)c(Cl)c2)=C(C#N)[C@@H]1c1ccc(C)cc1. The van der Waals surface area contributed by atoms with Crippen molar-refractivity contribution in [3.8, 4) is 6.07 Å². The maximum atomic E-state index is 12.8. The summed E-state index contributed by atoms with van der Waals surface area (Å²) in [5.41, 5.74) is 2.26. The number of amides is 2. The molecule has 1 aliphatic rings. The number of esters is 1. The fourth-order valence-electron chi connectivity index (χ4n) is 3.36. The minimum atomic E-state index is -1.22. The van der Waals surface area contributed by atoms with Crippen LogP contribution in [0.3, 0.4) is 0 Å². The number of anilines is 1. The van der Waals surface area contributed by atoms with Crippen molar-refractivity contribution in [2.45, 2.75) is 12.8 Å². The Morgan fingerprint density at radius 1 is 1.18 bits per heavy atom. The van der Waals surface area contributed by atoms with Gasteiger partial charge in [-0.15, -0.1) is 0 Å². The molecule has 2 amide bonds. The van der Waals surface area contributed by atoms with Gasteiger partial charge in [-0.2, -0.15) is 5.26 Å². The van der Waals surface area contributed by atoms with Gasteiger partial charge in [0.05, 0.1) is 39.6 Å². The number of allylic oxidation sites excluding steroid dienone is 1. The lowest BCUT2D eigenvalue weighted by atomic mass is 9.78. The molecule has 1 heterocycles. The van der Waals surface area contributed by atoms with E-state index < -0.39 is 23.7 Å². The molecular weight excluding hydrogens is 485 g/mol. The van der Waals surface area contributed by atoms with Crippen LogP contribution in [-0.2, 0) is 19.1 Å². The minimum absolute atomic E-state index is 0.0927. The van der Waals surface area contributed by atoms with E-state index in [4.69, 9.17) is 27.9 Å². The first kappa shape index (κ1) is 24.6. The van der Waals surface area contributed by atoms with Crippen molar-refractivity contribution in [3.63, 3.8) is 0 Å². The maximum absolute atomic E-state index is 12.8. The number of carbonyl (C=O) groups is 3. The molecule has 0 aliphatic carbocycles. The summed E-state index contributed by atoms with van der Waals surface area (Å²) in [5.74, 6) is -3.87. The fourth-order valence-corrected chi connectivity index (χ4v) is 4.51. The number of rotatable bonds is 6. The first-order valence-corrected chi connectivity index (χ1v) is 11.5. The summed E-state index contributed by atoms with van der Waals surface area (Å²) in [5, 5.41) is 16.1. The van der Waals surface area contributed by atoms with Gasteiger partial charge in [0, 0.05) is 11.6 Å². The first-order chi connectivity index (χ1) is 15.7. The van der Waals surface area contributed by atoms with Crippen LogP contribution in [0.15, 0.2) is 53.1 Å². The molecule has 2 aromatic carbocycles. The Morgan fingerprint density at radius 3 is 2.48 bits per heavy atom. The molecule has 10 heteroatoms. The summed E-state index contributed by atoms with van der Waals surface area (Å²) >= 11 is 12.8. The largest absolute Gasteiger partial charge is 0.468 e. The summed E-state index contributed by atoms with van der Waals surface area (Å²) in [7, 11) is 1.19. The number of benzene rings is 2. The van der Waals surface area contributed by atoms with Crippen molar-refractivity contribution in [2.24, 2.45) is 5.92 Å². The maximum Gasteiger partial charge on any atom is 0.319 e. The Hall–Kier alpha value is -2.99. The first-order valence-electron chi connectivity index (χ1n) is 9.72. The molecule has 0 bridgehead atoms. The van der Waals surface area contributed by atoms with Gasteiger partial charge in [-0.25, -0.2) is 0 Å². The van der Waals surface area contributed by atoms with E-state index in [1.54, 1.807) is 24.3 Å². The third-order valence-corrected chi connectivity index (χ3v) is 6.73. The van der Waals surface area contributed by atoms with E-state index in [1.807, 2.05) is 19.1 Å². The Labute approximate surface area is 205 Å². The highest BCUT2D eigenvalue weighted by molar-refractivity contribution is 8.03. The van der Waals surface area contributed by atoms with E-state index in [0.29, 0.717) is 21.3 Å². The number of hydrogen-bond acceptors (Lipinski definition) is 6. The monoisotopic (exact) mass is 503 g/mol. The van der Waals surface area contributed by atoms with E-state index in [2.05, 4.69) is 16.7 Å². The number of nitrogens with one attached hydrogen (secondary N) is 2. The van der Waals surface area contributed by atoms with Crippen molar-refractivity contribution in [1.82, 2.24) is 5.32 Å². The zero-order valence-corrected chi connectivity index (χ0v) is 20.0. The Morgan fingerprint density at radius 2 is 1.88 bits per heavy atom. The minimum Gasteiger partial charge on any atom is -0.468 e. The second-order valence-corrected chi connectivity index (χ2v) is 9.00. The summed E-state index contributed by atoms with van der Waals surface area (Å²) in [4.78, 5) is 37.7. The van der Waals surface area contributed by atoms with Gasteiger partial charge in [-0.3, -0.25) is 14.4 Å². The van der Waals surface area contributed by atoms with Gasteiger partial charge in [-0.1, -0.05) is 64.8 Å². The van der Waals surface area contributed by atoms with Crippen LogP contribution in [-0.4, -0.2) is 30.6 Å². The van der Waals surface area contributed by atoms with Gasteiger partial charge in [0.15, 0.2) is 0 Å². The van der Waals surface area contributed by atoms with Crippen LogP contribution >= 0.6 is 35.0 Å². The van der Waals surface area contributed by atoms with Crippen molar-refractivity contribution in [3.05, 3.63) is 74.2 Å². The average molecular weight is 504 g/mol. The molecule has 2 N–H and O–H groups in total. The highest BCUT2D eigenvalue weighted by atomic mass is 35.5. The van der Waals surface area contributed by atoms with Gasteiger partial charge in [0.2, 0.25) is 11.8 Å². The molecule has 0 radical (unpaired) electrons. The third kappa shape index (κ3) is 5.69. The highest BCUT2D eigenvalue weighted by Crippen LogP contribution is 2.40.